The van der Waals surface area contributed by atoms with Crippen molar-refractivity contribution in [2.75, 3.05) is 13.3 Å². The lowest BCUT2D eigenvalue weighted by molar-refractivity contribution is 0.511. The summed E-state index contributed by atoms with van der Waals surface area (Å²) < 4.78 is 12.9. The topological polar surface area (TPSA) is 55.1 Å². The maximum Gasteiger partial charge on any atom is 0.109 e. The first kappa shape index (κ1) is 35.6. The van der Waals surface area contributed by atoms with Gasteiger partial charge in [0.25, 0.3) is 0 Å². The van der Waals surface area contributed by atoms with Crippen LogP contribution in [0.4, 0.5) is 0 Å². The van der Waals surface area contributed by atoms with E-state index in [0.29, 0.717) is 0 Å². The standard InChI is InChI=1S/C52H43N2OP/c1-56(2,55)41-21-13-20-39(33-41)38-19-12-14-35(32-38)26-31-50(54-52(53)37-16-4-3-5-17-37)46-29-30-47(45-25-11-10-24-44(45)46)51-43-23-9-7-18-40(43)34-49-42-22-8-6-15-36(42)27-28-48(49)51/h3-34,50,52,54H,53H2,1-2H3/b31-26+. The van der Waals surface area contributed by atoms with Gasteiger partial charge >= 0.3 is 0 Å². The number of benzene rings is 9. The second-order valence-corrected chi connectivity index (χ2v) is 18.2. The Morgan fingerprint density at radius 2 is 1.20 bits per heavy atom. The molecule has 9 aromatic rings. The third-order valence-electron chi connectivity index (χ3n) is 11.0. The molecule has 0 aliphatic carbocycles. The van der Waals surface area contributed by atoms with E-state index in [4.69, 9.17) is 5.73 Å². The van der Waals surface area contributed by atoms with E-state index in [1.165, 1.54) is 54.2 Å². The van der Waals surface area contributed by atoms with Crippen molar-refractivity contribution in [1.29, 1.82) is 0 Å². The summed E-state index contributed by atoms with van der Waals surface area (Å²) in [7, 11) is -2.39. The van der Waals surface area contributed by atoms with E-state index in [1.807, 2.05) is 43.7 Å². The average molecular weight is 743 g/mol. The largest absolute Gasteiger partial charge is 0.319 e. The molecule has 0 amide bonds. The second-order valence-electron chi connectivity index (χ2n) is 15.0. The van der Waals surface area contributed by atoms with Crippen LogP contribution in [0.3, 0.4) is 0 Å². The molecule has 0 radical (unpaired) electrons. The Kier molecular flexibility index (Phi) is 9.45. The molecule has 0 aromatic heterocycles. The highest BCUT2D eigenvalue weighted by atomic mass is 31.2. The molecule has 3 nitrogen and oxygen atoms in total. The number of fused-ring (bicyclic) bond motifs is 5. The van der Waals surface area contributed by atoms with Gasteiger partial charge in [0.2, 0.25) is 0 Å². The lowest BCUT2D eigenvalue weighted by Gasteiger charge is -2.24. The zero-order valence-corrected chi connectivity index (χ0v) is 32.5. The van der Waals surface area contributed by atoms with Crippen molar-refractivity contribution in [3.8, 4) is 22.3 Å². The van der Waals surface area contributed by atoms with Crippen LogP contribution < -0.4 is 16.4 Å². The maximum atomic E-state index is 12.9. The van der Waals surface area contributed by atoms with Crippen LogP contribution in [-0.4, -0.2) is 13.3 Å². The molecule has 0 spiro atoms. The van der Waals surface area contributed by atoms with Gasteiger partial charge in [-0.3, -0.25) is 5.32 Å². The van der Waals surface area contributed by atoms with E-state index in [2.05, 4.69) is 169 Å². The van der Waals surface area contributed by atoms with E-state index >= 15 is 0 Å². The van der Waals surface area contributed by atoms with Crippen LogP contribution in [0.2, 0.25) is 0 Å². The third-order valence-corrected chi connectivity index (χ3v) is 12.5. The van der Waals surface area contributed by atoms with Crippen LogP contribution in [0, 0.1) is 0 Å². The van der Waals surface area contributed by atoms with Crippen molar-refractivity contribution in [2.24, 2.45) is 5.73 Å². The molecule has 9 rings (SSSR count). The molecule has 0 bridgehead atoms. The molecule has 0 saturated heterocycles. The number of hydrogen-bond acceptors (Lipinski definition) is 3. The van der Waals surface area contributed by atoms with E-state index < -0.39 is 13.3 Å². The molecular formula is C52H43N2OP. The van der Waals surface area contributed by atoms with Gasteiger partial charge in [0.15, 0.2) is 0 Å². The van der Waals surface area contributed by atoms with Gasteiger partial charge in [-0.1, -0.05) is 176 Å². The summed E-state index contributed by atoms with van der Waals surface area (Å²) in [6, 6.07) is 64.3. The Labute approximate surface area is 328 Å². The molecule has 272 valence electrons. The van der Waals surface area contributed by atoms with Crippen LogP contribution in [0.15, 0.2) is 188 Å². The number of hydrogen-bond donors (Lipinski definition) is 2. The van der Waals surface area contributed by atoms with Crippen molar-refractivity contribution in [3.05, 3.63) is 205 Å². The Hall–Kier alpha value is -6.09. The molecule has 0 aliphatic heterocycles. The first-order chi connectivity index (χ1) is 27.3. The molecule has 0 saturated carbocycles. The Morgan fingerprint density at radius 3 is 1.98 bits per heavy atom. The minimum atomic E-state index is -2.39. The lowest BCUT2D eigenvalue weighted by atomic mass is 9.86. The van der Waals surface area contributed by atoms with Gasteiger partial charge in [0, 0.05) is 5.30 Å². The van der Waals surface area contributed by atoms with Gasteiger partial charge in [-0.15, -0.1) is 0 Å². The highest BCUT2D eigenvalue weighted by Gasteiger charge is 2.20. The van der Waals surface area contributed by atoms with Crippen LogP contribution in [0.5, 0.6) is 0 Å². The summed E-state index contributed by atoms with van der Waals surface area (Å²) in [4.78, 5) is 0. The quantitative estimate of drug-likeness (QED) is 0.0670. The van der Waals surface area contributed by atoms with Crippen LogP contribution in [0.1, 0.15) is 28.9 Å². The van der Waals surface area contributed by atoms with Crippen LogP contribution in [0.25, 0.3) is 71.4 Å². The smallest absolute Gasteiger partial charge is 0.109 e. The minimum absolute atomic E-state index is 0.213. The number of nitrogens with two attached hydrogens (primary N) is 1. The van der Waals surface area contributed by atoms with Gasteiger partial charge in [0.05, 0.1) is 12.2 Å². The van der Waals surface area contributed by atoms with Crippen molar-refractivity contribution in [3.63, 3.8) is 0 Å². The van der Waals surface area contributed by atoms with Gasteiger partial charge in [-0.2, -0.15) is 0 Å². The van der Waals surface area contributed by atoms with E-state index in [9.17, 15) is 4.57 Å². The predicted octanol–water partition coefficient (Wildman–Crippen LogP) is 12.9. The molecular weight excluding hydrogens is 700 g/mol. The first-order valence-corrected chi connectivity index (χ1v) is 21.8. The SMILES string of the molecule is CP(C)(=O)c1cccc(-c2cccc(/C=C/C(NC(N)c3ccccc3)c3ccc(-c4c5ccccc5cc5c4ccc4ccccc45)c4ccccc34)c2)c1. The van der Waals surface area contributed by atoms with Gasteiger partial charge in [-0.25, -0.2) is 0 Å². The second kappa shape index (κ2) is 14.9. The molecule has 3 N–H and O–H groups in total. The zero-order chi connectivity index (χ0) is 38.2. The molecule has 56 heavy (non-hydrogen) atoms. The number of nitrogens with one attached hydrogen (secondary N) is 1. The highest BCUT2D eigenvalue weighted by Crippen LogP contribution is 2.43. The van der Waals surface area contributed by atoms with Crippen LogP contribution >= 0.6 is 7.14 Å². The fourth-order valence-corrected chi connectivity index (χ4v) is 9.07. The molecule has 4 heteroatoms. The summed E-state index contributed by atoms with van der Waals surface area (Å²) >= 11 is 0. The normalized spacial score (nSPS) is 13.2. The fourth-order valence-electron chi connectivity index (χ4n) is 8.17. The Balaban J connectivity index is 1.19. The average Bonchev–Trinajstić information content (AvgIpc) is 3.24. The maximum absolute atomic E-state index is 12.9. The molecule has 0 aliphatic rings. The zero-order valence-electron chi connectivity index (χ0n) is 31.6. The highest BCUT2D eigenvalue weighted by molar-refractivity contribution is 7.70. The fraction of sp³-hybridized carbons (Fsp3) is 0.0769. The van der Waals surface area contributed by atoms with E-state index in [1.54, 1.807) is 0 Å². The molecule has 2 atom stereocenters. The van der Waals surface area contributed by atoms with Crippen molar-refractivity contribution < 1.29 is 4.57 Å². The molecule has 0 fully saturated rings. The van der Waals surface area contributed by atoms with E-state index in [0.717, 1.165) is 33.1 Å². The number of rotatable bonds is 9. The Morgan fingerprint density at radius 1 is 0.536 bits per heavy atom. The molecule has 9 aromatic carbocycles. The summed E-state index contributed by atoms with van der Waals surface area (Å²) in [6.45, 7) is 3.64. The molecule has 0 heterocycles. The Bertz CT molecular complexity index is 2980. The van der Waals surface area contributed by atoms with Gasteiger partial charge in [-0.05, 0) is 114 Å². The minimum Gasteiger partial charge on any atom is -0.319 e. The van der Waals surface area contributed by atoms with Crippen molar-refractivity contribution in [1.82, 2.24) is 5.32 Å². The third kappa shape index (κ3) is 6.87. The summed E-state index contributed by atoms with van der Waals surface area (Å²) in [6.07, 6.45) is 4.01. The lowest BCUT2D eigenvalue weighted by Crippen LogP contribution is -2.31. The van der Waals surface area contributed by atoms with Gasteiger partial charge < -0.3 is 10.3 Å². The summed E-state index contributed by atoms with van der Waals surface area (Å²) in [5.41, 5.74) is 14.7. The van der Waals surface area contributed by atoms with E-state index in [-0.39, 0.29) is 6.04 Å². The monoisotopic (exact) mass is 742 g/mol. The van der Waals surface area contributed by atoms with Crippen molar-refractivity contribution >= 4 is 61.6 Å². The van der Waals surface area contributed by atoms with Crippen LogP contribution in [-0.2, 0) is 4.57 Å². The molecule has 2 unspecified atom stereocenters. The summed E-state index contributed by atoms with van der Waals surface area (Å²) in [5.74, 6) is 0. The first-order valence-electron chi connectivity index (χ1n) is 19.2. The van der Waals surface area contributed by atoms with Gasteiger partial charge in [0.1, 0.15) is 7.14 Å². The summed E-state index contributed by atoms with van der Waals surface area (Å²) in [5, 5.41) is 14.5. The predicted molar refractivity (Wildman–Crippen MR) is 241 cm³/mol. The van der Waals surface area contributed by atoms with Crippen molar-refractivity contribution in [2.45, 2.75) is 12.2 Å².